The van der Waals surface area contributed by atoms with E-state index >= 15 is 0 Å². The number of para-hydroxylation sites is 5. The Balaban J connectivity index is -0.00000145. The lowest BCUT2D eigenvalue weighted by atomic mass is 9.86. The van der Waals surface area contributed by atoms with E-state index in [1.807, 2.05) is 104 Å². The minimum absolute atomic E-state index is 0.0156. The highest BCUT2D eigenvalue weighted by Crippen LogP contribution is 2.46. The number of rotatable bonds is 9. The lowest BCUT2D eigenvalue weighted by Gasteiger charge is -2.53. The van der Waals surface area contributed by atoms with Gasteiger partial charge in [0.05, 0.1) is 11.2 Å². The quantitative estimate of drug-likeness (QED) is 0.144. The average molecular weight is 1720 g/mol. The second-order valence-electron chi connectivity index (χ2n) is 52.0. The zero-order valence-corrected chi connectivity index (χ0v) is 93.3. The standard InChI is InChI=1S/2C20H35N.2C16H27N.C14H23N.C12H27N.C8H18O.C8H18S/c2*1-14(2)16-12-11-13-17(15(3)4)18(16)21(19(5,6)7)20(8,9)10;2*1-12-10-9-11-13(2)14(12)17(15(3,4)5)16(6,7)8;1-13(2,3)15(14(4,5)6)12-10-8-7-9-11-12;1-10(2,3)13(11(4,5)6)12(7,8)9;2*1-7(2,3)9-8(4,5)6/h2*11-15H,1-10H3;2*9-11H,1-8H3;7-11H,1-6H3;1-9H3;2*1-6H3/i14D,15D;;1D3,2D3;;;;;. The molecule has 5 aromatic carbocycles. The number of benzene rings is 5. The van der Waals surface area contributed by atoms with Gasteiger partial charge in [-0.25, -0.2) is 0 Å². The fourth-order valence-electron chi connectivity index (χ4n) is 19.2. The van der Waals surface area contributed by atoms with Gasteiger partial charge in [0.15, 0.2) is 0 Å². The Morgan fingerprint density at radius 2 is 0.451 bits per heavy atom. The summed E-state index contributed by atoms with van der Waals surface area (Å²) in [4.78, 5) is 14.5. The SMILES string of the molecule is CC(C)(C)N(C(C)(C)C)C(C)(C)C.CC(C)(C)N(c1ccccc1)C(C)(C)C.CC(C)(C)OC(C)(C)C.CC(C)(C)SC(C)(C)C.CC(C)c1cccc(C(C)C)c1N(C(C)(C)C)C(C)(C)C.Cc1cccc(C)c1N(C(C)(C)C)C(C)(C)C.[2H]C(C)(C)c1cccc(C([2H])(C)C)c1N(C(C)(C)C)C(C)(C)C.[2H]C([2H])([2H])c1cccc(C([2H])([2H])[2H])c1N(C(C)(C)C)C(C)(C)C. The van der Waals surface area contributed by atoms with Gasteiger partial charge in [-0.05, 0) is 419 Å². The Morgan fingerprint density at radius 1 is 0.246 bits per heavy atom. The second-order valence-corrected chi connectivity index (χ2v) is 54.6. The molecule has 0 bridgehead atoms. The van der Waals surface area contributed by atoms with Crippen molar-refractivity contribution in [2.45, 2.75) is 552 Å². The third-order valence-corrected chi connectivity index (χ3v) is 20.0. The molecule has 0 saturated heterocycles. The summed E-state index contributed by atoms with van der Waals surface area (Å²) in [6.45, 7) is 129. The summed E-state index contributed by atoms with van der Waals surface area (Å²) in [5.74, 6) is -0.367. The third-order valence-electron chi connectivity index (χ3n) is 18.8. The molecule has 5 rings (SSSR count). The van der Waals surface area contributed by atoms with Gasteiger partial charge in [0.2, 0.25) is 0 Å². The molecule has 0 atom stereocenters. The van der Waals surface area contributed by atoms with Crippen LogP contribution in [-0.4, -0.2) is 97.6 Å². The van der Waals surface area contributed by atoms with Crippen molar-refractivity contribution in [2.75, 3.05) is 24.5 Å². The number of nitrogens with zero attached hydrogens (tertiary/aromatic N) is 6. The number of hydrogen-bond acceptors (Lipinski definition) is 8. The van der Waals surface area contributed by atoms with Gasteiger partial charge >= 0.3 is 0 Å². The predicted octanol–water partition coefficient (Wildman–Crippen LogP) is 35.8. The normalized spacial score (nSPS) is 14.7. The summed E-state index contributed by atoms with van der Waals surface area (Å²) in [5, 5.41) is 0. The van der Waals surface area contributed by atoms with Crippen molar-refractivity contribution in [3.05, 3.63) is 148 Å². The molecule has 8 heteroatoms. The molecule has 122 heavy (non-hydrogen) atoms. The molecule has 0 aliphatic carbocycles. The molecule has 0 unspecified atom stereocenters. The minimum Gasteiger partial charge on any atom is -0.370 e. The van der Waals surface area contributed by atoms with E-state index in [9.17, 15) is 0 Å². The molecular formula is C114H210N6OS. The maximum atomic E-state index is 8.63. The smallest absolute Gasteiger partial charge is 0.0605 e. The zero-order valence-electron chi connectivity index (χ0n) is 100. The highest BCUT2D eigenvalue weighted by Gasteiger charge is 2.42. The lowest BCUT2D eigenvalue weighted by Crippen LogP contribution is -2.60. The number of hydrogen-bond donors (Lipinski definition) is 0. The van der Waals surface area contributed by atoms with E-state index < -0.39 is 36.6 Å². The van der Waals surface area contributed by atoms with Gasteiger partial charge in [0, 0.05) is 121 Å². The molecule has 0 aliphatic heterocycles. The first-order valence-corrected chi connectivity index (χ1v) is 46.9. The molecule has 7 nitrogen and oxygen atoms in total. The Hall–Kier alpha value is -4.63. The van der Waals surface area contributed by atoms with E-state index in [1.54, 1.807) is 0 Å². The topological polar surface area (TPSA) is 28.7 Å². The van der Waals surface area contributed by atoms with Crippen LogP contribution in [0.15, 0.2) is 103 Å². The number of thioether (sulfide) groups is 1. The summed E-state index contributed by atoms with van der Waals surface area (Å²) in [6.07, 6.45) is 0. The van der Waals surface area contributed by atoms with Crippen LogP contribution in [0.3, 0.4) is 0 Å². The summed E-state index contributed by atoms with van der Waals surface area (Å²) in [7, 11) is 0. The fraction of sp³-hybridized carbons (Fsp3) is 0.737. The molecule has 5 aromatic rings. The zero-order chi connectivity index (χ0) is 105. The average Bonchev–Trinajstić information content (AvgIpc) is 0.730. The van der Waals surface area contributed by atoms with Gasteiger partial charge in [0.25, 0.3) is 0 Å². The van der Waals surface area contributed by atoms with E-state index in [0.29, 0.717) is 27.0 Å². The van der Waals surface area contributed by atoms with Crippen molar-refractivity contribution in [2.24, 2.45) is 0 Å². The van der Waals surface area contributed by atoms with Crippen LogP contribution in [0.5, 0.6) is 0 Å². The van der Waals surface area contributed by atoms with E-state index in [1.165, 1.54) is 57.5 Å². The fourth-order valence-corrected chi connectivity index (χ4v) is 21.1. The lowest BCUT2D eigenvalue weighted by molar-refractivity contribution is -0.102. The molecular weight excluding hydrogens is 1500 g/mol. The Kier molecular flexibility index (Phi) is 39.2. The molecule has 0 radical (unpaired) electrons. The third kappa shape index (κ3) is 43.9. The van der Waals surface area contributed by atoms with Crippen LogP contribution in [0.25, 0.3) is 0 Å². The first-order chi connectivity index (χ1) is 56.4. The van der Waals surface area contributed by atoms with Crippen LogP contribution in [0, 0.1) is 27.6 Å². The van der Waals surface area contributed by atoms with Crippen LogP contribution < -0.4 is 24.5 Å². The highest BCUT2D eigenvalue weighted by molar-refractivity contribution is 8.01. The molecule has 708 valence electrons. The van der Waals surface area contributed by atoms with Gasteiger partial charge in [-0.3, -0.25) is 4.90 Å². The van der Waals surface area contributed by atoms with Gasteiger partial charge in [-0.15, -0.1) is 0 Å². The van der Waals surface area contributed by atoms with E-state index in [4.69, 9.17) is 15.7 Å². The van der Waals surface area contributed by atoms with Gasteiger partial charge in [0.1, 0.15) is 0 Å². The van der Waals surface area contributed by atoms with Gasteiger partial charge in [-0.2, -0.15) is 11.8 Å². The van der Waals surface area contributed by atoms with Crippen molar-refractivity contribution in [3.8, 4) is 0 Å². The van der Waals surface area contributed by atoms with Crippen LogP contribution in [-0.2, 0) is 4.74 Å². The van der Waals surface area contributed by atoms with Gasteiger partial charge in [-0.1, -0.05) is 188 Å². The predicted molar refractivity (Wildman–Crippen MR) is 566 cm³/mol. The van der Waals surface area contributed by atoms with E-state index in [-0.39, 0.29) is 83.3 Å². The summed E-state index contributed by atoms with van der Waals surface area (Å²) >= 11 is 2.01. The van der Waals surface area contributed by atoms with E-state index in [0.717, 1.165) is 16.8 Å². The maximum absolute atomic E-state index is 8.63. The molecule has 0 aromatic heterocycles. The molecule has 0 amide bonds. The van der Waals surface area contributed by atoms with Crippen LogP contribution in [0.2, 0.25) is 0 Å². The van der Waals surface area contributed by atoms with Crippen molar-refractivity contribution < 1.29 is 15.7 Å². The number of ether oxygens (including phenoxy) is 1. The molecule has 0 spiro atoms. The molecule has 0 fully saturated rings. The maximum Gasteiger partial charge on any atom is 0.0605 e. The molecule has 0 heterocycles. The second kappa shape index (κ2) is 45.1. The molecule has 0 N–H and O–H groups in total. The summed E-state index contributed by atoms with van der Waals surface area (Å²) in [5.41, 5.74) is 13.4. The number of aryl methyl sites for hydroxylation is 4. The Morgan fingerprint density at radius 3 is 0.623 bits per heavy atom. The van der Waals surface area contributed by atoms with Crippen molar-refractivity contribution in [3.63, 3.8) is 0 Å². The van der Waals surface area contributed by atoms with Gasteiger partial charge < -0.3 is 29.2 Å². The van der Waals surface area contributed by atoms with Crippen LogP contribution >= 0.6 is 11.8 Å². The summed E-state index contributed by atoms with van der Waals surface area (Å²) in [6, 6.07) is 34.6. The van der Waals surface area contributed by atoms with Crippen molar-refractivity contribution in [1.29, 1.82) is 0 Å². The number of anilines is 5. The van der Waals surface area contributed by atoms with Crippen molar-refractivity contribution >= 4 is 40.2 Å². The van der Waals surface area contributed by atoms with E-state index in [2.05, 4.69) is 444 Å². The minimum atomic E-state index is -2.38. The monoisotopic (exact) mass is 1720 g/mol. The van der Waals surface area contributed by atoms with Crippen LogP contribution in [0.1, 0.15) is 488 Å². The Labute approximate surface area is 780 Å². The Bertz CT molecular complexity index is 3780. The van der Waals surface area contributed by atoms with Crippen LogP contribution in [0.4, 0.5) is 28.4 Å². The first kappa shape index (κ1) is 106. The molecule has 0 saturated carbocycles. The largest absolute Gasteiger partial charge is 0.370 e. The highest BCUT2D eigenvalue weighted by atomic mass is 32.2. The first-order valence-electron chi connectivity index (χ1n) is 50.1. The van der Waals surface area contributed by atoms with Crippen molar-refractivity contribution in [1.82, 2.24) is 4.90 Å². The molecule has 0 aliphatic rings. The summed E-state index contributed by atoms with van der Waals surface area (Å²) < 4.78 is 70.7.